The zero-order valence-corrected chi connectivity index (χ0v) is 29.3. The first-order chi connectivity index (χ1) is 25.4. The van der Waals surface area contributed by atoms with Crippen LogP contribution in [0.1, 0.15) is 23.1 Å². The predicted molar refractivity (Wildman–Crippen MR) is 194 cm³/mol. The van der Waals surface area contributed by atoms with Crippen LogP contribution in [0.15, 0.2) is 152 Å². The zero-order valence-electron chi connectivity index (χ0n) is 28.4. The number of hydrogen-bond acceptors (Lipinski definition) is 9. The molecule has 1 aliphatic rings. The number of hydrogen-bond donors (Lipinski definition) is 1. The molecule has 11 heteroatoms. The second kappa shape index (κ2) is 18.6. The largest absolute Gasteiger partial charge is 0.587 e. The Hall–Kier alpha value is -4.80. The van der Waals surface area contributed by atoms with Crippen molar-refractivity contribution in [3.05, 3.63) is 168 Å². The van der Waals surface area contributed by atoms with Crippen molar-refractivity contribution in [1.82, 2.24) is 0 Å². The van der Waals surface area contributed by atoms with Gasteiger partial charge >= 0.3 is 13.8 Å². The molecule has 1 N–H and O–H groups in total. The third kappa shape index (κ3) is 10.9. The van der Waals surface area contributed by atoms with Crippen molar-refractivity contribution in [3.63, 3.8) is 0 Å². The Morgan fingerprint density at radius 3 is 1.31 bits per heavy atom. The molecule has 0 aliphatic carbocycles. The van der Waals surface area contributed by atoms with Gasteiger partial charge in [0.25, 0.3) is 0 Å². The monoisotopic (exact) mass is 724 g/mol. The first-order valence-electron chi connectivity index (χ1n) is 17.0. The van der Waals surface area contributed by atoms with Crippen LogP contribution in [0.5, 0.6) is 11.5 Å². The van der Waals surface area contributed by atoms with Gasteiger partial charge in [-0.3, -0.25) is 9.32 Å². The predicted octanol–water partition coefficient (Wildman–Crippen LogP) is 8.27. The van der Waals surface area contributed by atoms with Gasteiger partial charge in [-0.1, -0.05) is 127 Å². The molecule has 0 radical (unpaired) electrons. The quantitative estimate of drug-likeness (QED) is 0.0885. The van der Waals surface area contributed by atoms with Gasteiger partial charge in [0.2, 0.25) is 0 Å². The van der Waals surface area contributed by atoms with Crippen LogP contribution in [0.25, 0.3) is 0 Å². The number of carbonyl (C=O) groups is 1. The molecule has 270 valence electrons. The first kappa shape index (κ1) is 37.0. The summed E-state index contributed by atoms with van der Waals surface area (Å²) in [5, 5.41) is 10.0. The summed E-state index contributed by atoms with van der Waals surface area (Å²) in [7, 11) is -4.36. The summed E-state index contributed by atoms with van der Waals surface area (Å²) in [5.74, 6) is -0.551. The molecule has 5 aromatic rings. The summed E-state index contributed by atoms with van der Waals surface area (Å²) in [5.41, 5.74) is 2.68. The molecule has 1 aliphatic heterocycles. The van der Waals surface area contributed by atoms with Crippen LogP contribution in [-0.2, 0) is 52.7 Å². The Kier molecular flexibility index (Phi) is 13.2. The minimum atomic E-state index is -4.36. The van der Waals surface area contributed by atoms with Crippen LogP contribution in [-0.4, -0.2) is 48.2 Å². The molecule has 0 saturated carbocycles. The third-order valence-electron chi connectivity index (χ3n) is 8.28. The lowest BCUT2D eigenvalue weighted by atomic mass is 9.92. The minimum Gasteiger partial charge on any atom is -0.481 e. The molecule has 0 bridgehead atoms. The molecule has 5 unspecified atom stereocenters. The number of rotatable bonds is 18. The summed E-state index contributed by atoms with van der Waals surface area (Å²) in [6, 6.07) is 45.9. The van der Waals surface area contributed by atoms with Gasteiger partial charge in [-0.15, -0.1) is 0 Å². The van der Waals surface area contributed by atoms with Gasteiger partial charge in [-0.2, -0.15) is 0 Å². The highest BCUT2D eigenvalue weighted by Crippen LogP contribution is 2.50. The summed E-state index contributed by atoms with van der Waals surface area (Å²) in [4.78, 5) is 12.3. The van der Waals surface area contributed by atoms with Gasteiger partial charge in [0.1, 0.15) is 35.9 Å². The van der Waals surface area contributed by atoms with Gasteiger partial charge in [0.05, 0.1) is 39.0 Å². The molecule has 0 spiro atoms. The number of ether oxygens (including phenoxy) is 4. The van der Waals surface area contributed by atoms with E-state index in [0.717, 1.165) is 16.7 Å². The molecule has 1 heterocycles. The van der Waals surface area contributed by atoms with E-state index in [0.29, 0.717) is 0 Å². The van der Waals surface area contributed by atoms with Crippen LogP contribution in [0, 0.1) is 0 Å². The van der Waals surface area contributed by atoms with E-state index < -0.39 is 50.7 Å². The van der Waals surface area contributed by atoms with Gasteiger partial charge in [0, 0.05) is 0 Å². The fraction of sp³-hybridized carbons (Fsp3) is 0.244. The maximum Gasteiger partial charge on any atom is 0.587 e. The second-order valence-electron chi connectivity index (χ2n) is 12.1. The highest BCUT2D eigenvalue weighted by atomic mass is 31.2. The summed E-state index contributed by atoms with van der Waals surface area (Å²) < 4.78 is 58.3. The van der Waals surface area contributed by atoms with Crippen LogP contribution >= 0.6 is 7.82 Å². The molecule has 5 atom stereocenters. The standard InChI is InChI=1S/C41H41O10P/c42-38(43)26-36-39(45-27-31-16-6-1-7-17-31)41(47-29-33-20-10-3-11-21-33)40(46-28-32-18-8-2-9-19-32)37(49-36)30-48-52(44,50-34-22-12-4-13-23-34)51-35-24-14-5-15-25-35/h1-25,36-37,39-41H,26-30H2,(H,42,43). The van der Waals surface area contributed by atoms with Crippen molar-refractivity contribution in [3.8, 4) is 11.5 Å². The number of phosphoric acid groups is 1. The zero-order chi connectivity index (χ0) is 36.0. The van der Waals surface area contributed by atoms with Crippen molar-refractivity contribution in [1.29, 1.82) is 0 Å². The van der Waals surface area contributed by atoms with Gasteiger partial charge in [-0.05, 0) is 41.0 Å². The Balaban J connectivity index is 1.33. The van der Waals surface area contributed by atoms with Crippen molar-refractivity contribution in [2.45, 2.75) is 56.8 Å². The van der Waals surface area contributed by atoms with Crippen molar-refractivity contribution >= 4 is 13.8 Å². The number of carboxylic acid groups (broad SMARTS) is 1. The number of carboxylic acids is 1. The highest BCUT2D eigenvalue weighted by molar-refractivity contribution is 7.49. The van der Waals surface area contributed by atoms with E-state index >= 15 is 0 Å². The maximum absolute atomic E-state index is 14.3. The molecule has 6 rings (SSSR count). The van der Waals surface area contributed by atoms with Crippen molar-refractivity contribution in [2.24, 2.45) is 0 Å². The number of aliphatic carboxylic acids is 1. The lowest BCUT2D eigenvalue weighted by Crippen LogP contribution is -2.61. The smallest absolute Gasteiger partial charge is 0.481 e. The summed E-state index contributed by atoms with van der Waals surface area (Å²) in [6.45, 7) is 0.170. The van der Waals surface area contributed by atoms with E-state index in [9.17, 15) is 14.5 Å². The topological polar surface area (TPSA) is 119 Å². The van der Waals surface area contributed by atoms with Crippen molar-refractivity contribution < 1.29 is 47.0 Å². The SMILES string of the molecule is O=C(O)CC1OC(COP(=O)(Oc2ccccc2)Oc2ccccc2)C(OCc2ccccc2)C(OCc2ccccc2)C1OCc1ccccc1. The minimum absolute atomic E-state index is 0.171. The first-order valence-corrected chi connectivity index (χ1v) is 18.5. The second-order valence-corrected chi connectivity index (χ2v) is 13.7. The van der Waals surface area contributed by atoms with Crippen LogP contribution < -0.4 is 9.05 Å². The Morgan fingerprint density at radius 2 is 0.904 bits per heavy atom. The van der Waals surface area contributed by atoms with E-state index in [1.165, 1.54) is 0 Å². The normalized spacial score (nSPS) is 20.2. The van der Waals surface area contributed by atoms with Gasteiger partial charge in [0.15, 0.2) is 0 Å². The molecule has 10 nitrogen and oxygen atoms in total. The Morgan fingerprint density at radius 1 is 0.538 bits per heavy atom. The lowest BCUT2D eigenvalue weighted by molar-refractivity contribution is -0.269. The van der Waals surface area contributed by atoms with Gasteiger partial charge in [-0.25, -0.2) is 4.57 Å². The summed E-state index contributed by atoms with van der Waals surface area (Å²) in [6.07, 6.45) is -4.97. The van der Waals surface area contributed by atoms with Gasteiger partial charge < -0.3 is 33.1 Å². The molecule has 0 aromatic heterocycles. The lowest BCUT2D eigenvalue weighted by Gasteiger charge is -2.46. The fourth-order valence-electron chi connectivity index (χ4n) is 5.81. The molecule has 5 aromatic carbocycles. The molecular formula is C41H41O10P. The fourth-order valence-corrected chi connectivity index (χ4v) is 7.04. The summed E-state index contributed by atoms with van der Waals surface area (Å²) >= 11 is 0. The number of benzene rings is 5. The number of phosphoric ester groups is 1. The Labute approximate surface area is 303 Å². The van der Waals surface area contributed by atoms with E-state index in [4.69, 9.17) is 32.5 Å². The third-order valence-corrected chi connectivity index (χ3v) is 9.61. The average molecular weight is 725 g/mol. The Bertz CT molecular complexity index is 1790. The molecular weight excluding hydrogens is 683 g/mol. The molecule has 1 fully saturated rings. The van der Waals surface area contributed by atoms with Crippen LogP contribution in [0.3, 0.4) is 0 Å². The van der Waals surface area contributed by atoms with Crippen LogP contribution in [0.4, 0.5) is 0 Å². The van der Waals surface area contributed by atoms with Crippen molar-refractivity contribution in [2.75, 3.05) is 6.61 Å². The van der Waals surface area contributed by atoms with E-state index in [1.807, 2.05) is 91.0 Å². The molecule has 52 heavy (non-hydrogen) atoms. The van der Waals surface area contributed by atoms with Crippen LogP contribution in [0.2, 0.25) is 0 Å². The van der Waals surface area contributed by atoms with E-state index in [2.05, 4.69) is 0 Å². The molecule has 0 amide bonds. The maximum atomic E-state index is 14.3. The highest BCUT2D eigenvalue weighted by Gasteiger charge is 2.50. The number of para-hydroxylation sites is 2. The van der Waals surface area contributed by atoms with E-state index in [-0.39, 0.29) is 37.9 Å². The molecule has 1 saturated heterocycles. The average Bonchev–Trinajstić information content (AvgIpc) is 3.17. The van der Waals surface area contributed by atoms with E-state index in [1.54, 1.807) is 60.7 Å².